The van der Waals surface area contributed by atoms with Gasteiger partial charge in [0.25, 0.3) is 11.8 Å². The fourth-order valence-corrected chi connectivity index (χ4v) is 2.59. The maximum Gasteiger partial charge on any atom is 0.263 e. The number of benzene rings is 2. The van der Waals surface area contributed by atoms with Crippen LogP contribution in [-0.2, 0) is 4.79 Å². The normalized spacial score (nSPS) is 13.2. The molecule has 1 N–H and O–H groups in total. The van der Waals surface area contributed by atoms with Gasteiger partial charge in [0, 0.05) is 0 Å². The van der Waals surface area contributed by atoms with E-state index in [4.69, 9.17) is 11.6 Å². The lowest BCUT2D eigenvalue weighted by atomic mass is 10.1. The standard InChI is InChI=1S/C16H10ClFN2O3/c17-10-5-3-4-9-14(10)16(23)20(15(9)22)8-13(21)19-12-7-2-1-6-11(12)18/h1-7H,8H2,(H,19,21). The third-order valence-electron chi connectivity index (χ3n) is 3.40. The van der Waals surface area contributed by atoms with Crippen LogP contribution in [0.25, 0.3) is 0 Å². The number of fused-ring (bicyclic) bond motifs is 1. The molecule has 1 aliphatic rings. The monoisotopic (exact) mass is 332 g/mol. The molecule has 3 rings (SSSR count). The summed E-state index contributed by atoms with van der Waals surface area (Å²) in [6.45, 7) is -0.517. The van der Waals surface area contributed by atoms with E-state index in [1.165, 1.54) is 30.3 Å². The summed E-state index contributed by atoms with van der Waals surface area (Å²) in [6, 6.07) is 10.1. The summed E-state index contributed by atoms with van der Waals surface area (Å²) < 4.78 is 13.5. The fourth-order valence-electron chi connectivity index (χ4n) is 2.33. The van der Waals surface area contributed by atoms with E-state index in [0.717, 1.165) is 4.90 Å². The zero-order valence-electron chi connectivity index (χ0n) is 11.7. The van der Waals surface area contributed by atoms with Crippen molar-refractivity contribution in [2.75, 3.05) is 11.9 Å². The Bertz CT molecular complexity index is 838. The van der Waals surface area contributed by atoms with E-state index in [2.05, 4.69) is 5.32 Å². The van der Waals surface area contributed by atoms with Gasteiger partial charge in [-0.25, -0.2) is 4.39 Å². The Balaban J connectivity index is 1.78. The molecule has 0 spiro atoms. The average molecular weight is 333 g/mol. The molecule has 0 aromatic heterocycles. The molecule has 23 heavy (non-hydrogen) atoms. The molecule has 0 radical (unpaired) electrons. The molecule has 1 heterocycles. The lowest BCUT2D eigenvalue weighted by Crippen LogP contribution is -2.37. The zero-order chi connectivity index (χ0) is 16.6. The smallest absolute Gasteiger partial charge is 0.263 e. The number of nitrogens with one attached hydrogen (secondary N) is 1. The highest BCUT2D eigenvalue weighted by molar-refractivity contribution is 6.37. The van der Waals surface area contributed by atoms with Gasteiger partial charge in [-0.3, -0.25) is 19.3 Å². The molecule has 0 atom stereocenters. The molecule has 2 aromatic carbocycles. The van der Waals surface area contributed by atoms with Crippen molar-refractivity contribution in [1.82, 2.24) is 4.90 Å². The molecule has 0 saturated carbocycles. The fraction of sp³-hybridized carbons (Fsp3) is 0.0625. The maximum atomic E-state index is 13.5. The quantitative estimate of drug-likeness (QED) is 0.879. The first kappa shape index (κ1) is 15.2. The van der Waals surface area contributed by atoms with E-state index in [9.17, 15) is 18.8 Å². The number of imide groups is 1. The highest BCUT2D eigenvalue weighted by atomic mass is 35.5. The minimum atomic E-state index is -0.680. The second-order valence-corrected chi connectivity index (χ2v) is 5.29. The van der Waals surface area contributed by atoms with Crippen LogP contribution in [0.3, 0.4) is 0 Å². The number of hydrogen-bond donors (Lipinski definition) is 1. The molecule has 0 aliphatic carbocycles. The number of anilines is 1. The minimum absolute atomic E-state index is 0.0212. The van der Waals surface area contributed by atoms with Crippen LogP contribution in [0.1, 0.15) is 20.7 Å². The second-order valence-electron chi connectivity index (χ2n) is 4.89. The van der Waals surface area contributed by atoms with E-state index in [1.54, 1.807) is 12.1 Å². The van der Waals surface area contributed by atoms with Crippen LogP contribution in [0.2, 0.25) is 5.02 Å². The van der Waals surface area contributed by atoms with Crippen molar-refractivity contribution in [3.8, 4) is 0 Å². The van der Waals surface area contributed by atoms with Gasteiger partial charge in [-0.05, 0) is 24.3 Å². The van der Waals surface area contributed by atoms with Crippen LogP contribution in [0.15, 0.2) is 42.5 Å². The third kappa shape index (κ3) is 2.68. The van der Waals surface area contributed by atoms with Gasteiger partial charge in [-0.15, -0.1) is 0 Å². The van der Waals surface area contributed by atoms with E-state index < -0.39 is 30.1 Å². The first-order valence-corrected chi connectivity index (χ1v) is 7.06. The summed E-state index contributed by atoms with van der Waals surface area (Å²) in [6.07, 6.45) is 0. The van der Waals surface area contributed by atoms with E-state index in [1.807, 2.05) is 0 Å². The average Bonchev–Trinajstić information content (AvgIpc) is 2.76. The molecule has 5 nitrogen and oxygen atoms in total. The topological polar surface area (TPSA) is 66.5 Å². The molecular formula is C16H10ClFN2O3. The molecule has 0 fully saturated rings. The van der Waals surface area contributed by atoms with E-state index >= 15 is 0 Å². The largest absolute Gasteiger partial charge is 0.322 e. The molecule has 7 heteroatoms. The van der Waals surface area contributed by atoms with Gasteiger partial charge in [-0.1, -0.05) is 29.8 Å². The Labute approximate surface area is 135 Å². The number of rotatable bonds is 3. The SMILES string of the molecule is O=C(CN1C(=O)c2cccc(Cl)c2C1=O)Nc1ccccc1F. The van der Waals surface area contributed by atoms with E-state index in [-0.39, 0.29) is 21.8 Å². The van der Waals surface area contributed by atoms with Crippen LogP contribution < -0.4 is 5.32 Å². The number of carbonyl (C=O) groups excluding carboxylic acids is 3. The Morgan fingerprint density at radius 1 is 1.09 bits per heavy atom. The van der Waals surface area contributed by atoms with Crippen molar-refractivity contribution >= 4 is 35.0 Å². The highest BCUT2D eigenvalue weighted by Crippen LogP contribution is 2.28. The zero-order valence-corrected chi connectivity index (χ0v) is 12.4. The van der Waals surface area contributed by atoms with Crippen molar-refractivity contribution in [3.63, 3.8) is 0 Å². The van der Waals surface area contributed by atoms with Gasteiger partial charge in [-0.2, -0.15) is 0 Å². The molecule has 0 saturated heterocycles. The van der Waals surface area contributed by atoms with Crippen LogP contribution >= 0.6 is 11.6 Å². The summed E-state index contributed by atoms with van der Waals surface area (Å²) in [5.74, 6) is -2.53. The first-order valence-electron chi connectivity index (χ1n) is 6.68. The predicted octanol–water partition coefficient (Wildman–Crippen LogP) is 2.71. The number of hydrogen-bond acceptors (Lipinski definition) is 3. The Morgan fingerprint density at radius 2 is 1.83 bits per heavy atom. The van der Waals surface area contributed by atoms with Crippen molar-refractivity contribution in [2.45, 2.75) is 0 Å². The van der Waals surface area contributed by atoms with Crippen LogP contribution in [0, 0.1) is 5.82 Å². The van der Waals surface area contributed by atoms with E-state index in [0.29, 0.717) is 0 Å². The summed E-state index contributed by atoms with van der Waals surface area (Å²) in [7, 11) is 0. The van der Waals surface area contributed by atoms with Crippen molar-refractivity contribution in [2.24, 2.45) is 0 Å². The number of para-hydroxylation sites is 1. The number of nitrogens with zero attached hydrogens (tertiary/aromatic N) is 1. The van der Waals surface area contributed by atoms with Crippen LogP contribution in [0.4, 0.5) is 10.1 Å². The van der Waals surface area contributed by atoms with Gasteiger partial charge >= 0.3 is 0 Å². The van der Waals surface area contributed by atoms with Crippen molar-refractivity contribution in [3.05, 3.63) is 64.4 Å². The van der Waals surface area contributed by atoms with Gasteiger partial charge in [0.1, 0.15) is 12.4 Å². The molecule has 0 unspecified atom stereocenters. The number of carbonyl (C=O) groups is 3. The molecular weight excluding hydrogens is 323 g/mol. The summed E-state index contributed by atoms with van der Waals surface area (Å²) in [4.78, 5) is 37.2. The predicted molar refractivity (Wildman–Crippen MR) is 81.8 cm³/mol. The van der Waals surface area contributed by atoms with Gasteiger partial charge < -0.3 is 5.32 Å². The van der Waals surface area contributed by atoms with Crippen molar-refractivity contribution < 1.29 is 18.8 Å². The Kier molecular flexibility index (Phi) is 3.83. The second kappa shape index (κ2) is 5.81. The Hall–Kier alpha value is -2.73. The lowest BCUT2D eigenvalue weighted by molar-refractivity contribution is -0.116. The summed E-state index contributed by atoms with van der Waals surface area (Å²) in [5.41, 5.74) is 0.214. The molecule has 2 aromatic rings. The van der Waals surface area contributed by atoms with Crippen molar-refractivity contribution in [1.29, 1.82) is 0 Å². The number of amides is 3. The summed E-state index contributed by atoms with van der Waals surface area (Å²) >= 11 is 5.93. The lowest BCUT2D eigenvalue weighted by Gasteiger charge is -2.13. The molecule has 3 amide bonds. The number of halogens is 2. The molecule has 1 aliphatic heterocycles. The van der Waals surface area contributed by atoms with Gasteiger partial charge in [0.15, 0.2) is 0 Å². The maximum absolute atomic E-state index is 13.5. The van der Waals surface area contributed by atoms with Gasteiger partial charge in [0.2, 0.25) is 5.91 Å². The minimum Gasteiger partial charge on any atom is -0.322 e. The van der Waals surface area contributed by atoms with Gasteiger partial charge in [0.05, 0.1) is 21.8 Å². The van der Waals surface area contributed by atoms with Crippen LogP contribution in [0.5, 0.6) is 0 Å². The third-order valence-corrected chi connectivity index (χ3v) is 3.71. The summed E-state index contributed by atoms with van der Waals surface area (Å²) in [5, 5.41) is 2.48. The highest BCUT2D eigenvalue weighted by Gasteiger charge is 2.38. The Morgan fingerprint density at radius 3 is 2.52 bits per heavy atom. The van der Waals surface area contributed by atoms with Crippen LogP contribution in [-0.4, -0.2) is 29.2 Å². The molecule has 0 bridgehead atoms. The first-order chi connectivity index (χ1) is 11.0. The molecule has 116 valence electrons.